The first-order valence-electron chi connectivity index (χ1n) is 7.42. The van der Waals surface area contributed by atoms with Crippen molar-refractivity contribution < 1.29 is 35.2 Å². The Morgan fingerprint density at radius 2 is 1.59 bits per heavy atom. The summed E-state index contributed by atoms with van der Waals surface area (Å²) in [6, 6.07) is 0.872. The number of halogens is 6. The Hall–Kier alpha value is -2.20. The first kappa shape index (κ1) is 19.6. The fourth-order valence-corrected chi connectivity index (χ4v) is 3.94. The van der Waals surface area contributed by atoms with Gasteiger partial charge in [0.25, 0.3) is 10.0 Å². The maximum absolute atomic E-state index is 14.2. The molecule has 0 aliphatic heterocycles. The molecule has 1 fully saturated rings. The fourth-order valence-electron chi connectivity index (χ4n) is 2.36. The molecular weight excluding hydrogens is 417 g/mol. The topological polar surface area (TPSA) is 63.2 Å². The van der Waals surface area contributed by atoms with Crippen LogP contribution in [0.3, 0.4) is 0 Å². The van der Waals surface area contributed by atoms with E-state index in [1.165, 1.54) is 0 Å². The molecule has 0 unspecified atom stereocenters. The second-order valence-corrected chi connectivity index (χ2v) is 7.91. The van der Waals surface area contributed by atoms with Crippen molar-refractivity contribution in [2.75, 3.05) is 0 Å². The van der Waals surface area contributed by atoms with Gasteiger partial charge in [0.2, 0.25) is 5.91 Å². The Labute approximate surface area is 155 Å². The molecule has 0 heterocycles. The van der Waals surface area contributed by atoms with Gasteiger partial charge in [0.1, 0.15) is 16.5 Å². The monoisotopic (exact) mass is 425 g/mol. The number of hydrogen-bond acceptors (Lipinski definition) is 3. The number of carbonyl (C=O) groups is 1. The number of hydrogen-bond donors (Lipinski definition) is 1. The number of sulfonamides is 1. The Balaban J connectivity index is 2.16. The van der Waals surface area contributed by atoms with Crippen molar-refractivity contribution in [2.45, 2.75) is 17.7 Å². The molecule has 144 valence electrons. The maximum atomic E-state index is 14.2. The van der Waals surface area contributed by atoms with Crippen LogP contribution in [0.15, 0.2) is 23.1 Å². The first-order valence-corrected chi connectivity index (χ1v) is 9.28. The molecule has 2 aromatic carbocycles. The van der Waals surface area contributed by atoms with E-state index in [0.29, 0.717) is 25.0 Å². The zero-order chi connectivity index (χ0) is 20.1. The van der Waals surface area contributed by atoms with E-state index in [0.717, 1.165) is 0 Å². The zero-order valence-electron chi connectivity index (χ0n) is 13.1. The highest BCUT2D eigenvalue weighted by Gasteiger charge is 2.34. The molecule has 1 N–H and O–H groups in total. The standard InChI is InChI=1S/C16H9ClF5NO3S/c17-8-4-9(18)7(13-10(19)5-11(20)14(21)15(13)22)3-12(8)27(25,26)23-16(24)6-1-2-6/h3-6H,1-2H2,(H,23,24). The number of nitrogens with one attached hydrogen (secondary N) is 1. The normalized spacial score (nSPS) is 14.3. The molecule has 1 amide bonds. The van der Waals surface area contributed by atoms with Gasteiger partial charge in [0.15, 0.2) is 17.5 Å². The second-order valence-electron chi connectivity index (χ2n) is 5.85. The van der Waals surface area contributed by atoms with Crippen LogP contribution >= 0.6 is 11.6 Å². The van der Waals surface area contributed by atoms with Gasteiger partial charge in [-0.2, -0.15) is 0 Å². The minimum Gasteiger partial charge on any atom is -0.274 e. The molecule has 1 aliphatic carbocycles. The van der Waals surface area contributed by atoms with Crippen LogP contribution in [0.2, 0.25) is 5.02 Å². The number of rotatable bonds is 4. The molecule has 4 nitrogen and oxygen atoms in total. The van der Waals surface area contributed by atoms with E-state index in [-0.39, 0.29) is 6.07 Å². The van der Waals surface area contributed by atoms with Crippen LogP contribution in [-0.4, -0.2) is 14.3 Å². The van der Waals surface area contributed by atoms with Crippen LogP contribution < -0.4 is 4.72 Å². The van der Waals surface area contributed by atoms with Crippen molar-refractivity contribution in [2.24, 2.45) is 5.92 Å². The Morgan fingerprint density at radius 1 is 0.963 bits per heavy atom. The molecule has 0 bridgehead atoms. The van der Waals surface area contributed by atoms with Crippen molar-refractivity contribution >= 4 is 27.5 Å². The van der Waals surface area contributed by atoms with Gasteiger partial charge in [-0.1, -0.05) is 11.6 Å². The SMILES string of the molecule is O=C(NS(=O)(=O)c1cc(-c2c(F)cc(F)c(F)c2F)c(F)cc1Cl)C1CC1. The Bertz CT molecular complexity index is 1070. The van der Waals surface area contributed by atoms with Crippen LogP contribution in [0.5, 0.6) is 0 Å². The lowest BCUT2D eigenvalue weighted by molar-refractivity contribution is -0.120. The molecule has 2 aromatic rings. The zero-order valence-corrected chi connectivity index (χ0v) is 14.7. The Kier molecular flexibility index (Phi) is 4.89. The summed E-state index contributed by atoms with van der Waals surface area (Å²) < 4.78 is 95.0. The van der Waals surface area contributed by atoms with Crippen LogP contribution in [0.4, 0.5) is 22.0 Å². The van der Waals surface area contributed by atoms with Crippen molar-refractivity contribution in [1.29, 1.82) is 0 Å². The first-order chi connectivity index (χ1) is 12.5. The van der Waals surface area contributed by atoms with Gasteiger partial charge in [-0.15, -0.1) is 0 Å². The average Bonchev–Trinajstić information content (AvgIpc) is 3.39. The molecule has 0 saturated heterocycles. The summed E-state index contributed by atoms with van der Waals surface area (Å²) >= 11 is 5.70. The van der Waals surface area contributed by atoms with Gasteiger partial charge in [0, 0.05) is 17.5 Å². The van der Waals surface area contributed by atoms with Crippen LogP contribution in [0.25, 0.3) is 11.1 Å². The summed E-state index contributed by atoms with van der Waals surface area (Å²) in [4.78, 5) is 10.9. The summed E-state index contributed by atoms with van der Waals surface area (Å²) in [7, 11) is -4.60. The summed E-state index contributed by atoms with van der Waals surface area (Å²) in [5.74, 6) is -10.3. The third-order valence-corrected chi connectivity index (χ3v) is 5.69. The van der Waals surface area contributed by atoms with E-state index in [1.807, 2.05) is 0 Å². The fraction of sp³-hybridized carbons (Fsp3) is 0.188. The maximum Gasteiger partial charge on any atom is 0.265 e. The summed E-state index contributed by atoms with van der Waals surface area (Å²) in [6.07, 6.45) is 0.990. The third-order valence-electron chi connectivity index (χ3n) is 3.88. The predicted octanol–water partition coefficient (Wildman–Crippen LogP) is 3.92. The number of carbonyl (C=O) groups excluding carboxylic acids is 1. The highest BCUT2D eigenvalue weighted by atomic mass is 35.5. The average molecular weight is 426 g/mol. The van der Waals surface area contributed by atoms with Gasteiger partial charge in [-0.05, 0) is 25.0 Å². The molecule has 27 heavy (non-hydrogen) atoms. The van der Waals surface area contributed by atoms with Crippen LogP contribution in [-0.2, 0) is 14.8 Å². The predicted molar refractivity (Wildman–Crippen MR) is 84.7 cm³/mol. The summed E-state index contributed by atoms with van der Waals surface area (Å²) in [5, 5.41) is -0.671. The van der Waals surface area contributed by atoms with E-state index < -0.39 is 72.0 Å². The van der Waals surface area contributed by atoms with E-state index in [9.17, 15) is 35.2 Å². The molecule has 3 rings (SSSR count). The van der Waals surface area contributed by atoms with E-state index in [1.54, 1.807) is 4.72 Å². The molecule has 1 aliphatic rings. The van der Waals surface area contributed by atoms with E-state index in [4.69, 9.17) is 11.6 Å². The van der Waals surface area contributed by atoms with Crippen molar-refractivity contribution in [3.63, 3.8) is 0 Å². The van der Waals surface area contributed by atoms with Gasteiger partial charge >= 0.3 is 0 Å². The molecule has 11 heteroatoms. The van der Waals surface area contributed by atoms with Gasteiger partial charge in [0.05, 0.1) is 10.6 Å². The molecule has 0 radical (unpaired) electrons. The second kappa shape index (κ2) is 6.75. The summed E-state index contributed by atoms with van der Waals surface area (Å²) in [5.41, 5.74) is -2.32. The van der Waals surface area contributed by atoms with E-state index in [2.05, 4.69) is 0 Å². The van der Waals surface area contributed by atoms with Crippen LogP contribution in [0, 0.1) is 35.0 Å². The third kappa shape index (κ3) is 3.63. The highest BCUT2D eigenvalue weighted by molar-refractivity contribution is 7.90. The minimum atomic E-state index is -4.60. The van der Waals surface area contributed by atoms with Gasteiger partial charge < -0.3 is 0 Å². The molecule has 0 spiro atoms. The molecule has 0 aromatic heterocycles. The van der Waals surface area contributed by atoms with Crippen molar-refractivity contribution in [3.05, 3.63) is 52.3 Å². The smallest absolute Gasteiger partial charge is 0.265 e. The number of benzene rings is 2. The highest BCUT2D eigenvalue weighted by Crippen LogP contribution is 2.36. The molecular formula is C16H9ClF5NO3S. The molecule has 1 saturated carbocycles. The largest absolute Gasteiger partial charge is 0.274 e. The minimum absolute atomic E-state index is 0.00909. The van der Waals surface area contributed by atoms with E-state index >= 15 is 0 Å². The lowest BCUT2D eigenvalue weighted by Gasteiger charge is -2.13. The van der Waals surface area contributed by atoms with Crippen molar-refractivity contribution in [3.8, 4) is 11.1 Å². The molecule has 0 atom stereocenters. The van der Waals surface area contributed by atoms with Gasteiger partial charge in [-0.25, -0.2) is 35.1 Å². The van der Waals surface area contributed by atoms with Crippen molar-refractivity contribution in [1.82, 2.24) is 4.72 Å². The summed E-state index contributed by atoms with van der Waals surface area (Å²) in [6.45, 7) is 0. The lowest BCUT2D eigenvalue weighted by atomic mass is 10.0. The quantitative estimate of drug-likeness (QED) is 0.459. The Morgan fingerprint density at radius 3 is 2.19 bits per heavy atom. The van der Waals surface area contributed by atoms with Gasteiger partial charge in [-0.3, -0.25) is 4.79 Å². The lowest BCUT2D eigenvalue weighted by Crippen LogP contribution is -2.32. The van der Waals surface area contributed by atoms with Crippen LogP contribution in [0.1, 0.15) is 12.8 Å². The number of amides is 1.